The molecule has 0 bridgehead atoms. The zero-order valence-electron chi connectivity index (χ0n) is 9.61. The van der Waals surface area contributed by atoms with E-state index in [1.54, 1.807) is 6.07 Å². The lowest BCUT2D eigenvalue weighted by atomic mass is 10.2. The molecule has 0 fully saturated rings. The standard InChI is InChI=1S/C11H11Cl2NO3S/c1-2-3-4-9-14-8-6-5-7(12)11(10(8)17-9)18(13,15)16/h5-6H,2-4H2,1H3. The Labute approximate surface area is 114 Å². The predicted molar refractivity (Wildman–Crippen MR) is 70.7 cm³/mol. The van der Waals surface area contributed by atoms with E-state index in [0.717, 1.165) is 12.8 Å². The van der Waals surface area contributed by atoms with Crippen molar-refractivity contribution in [3.8, 4) is 0 Å². The number of aryl methyl sites for hydroxylation is 1. The van der Waals surface area contributed by atoms with Crippen molar-refractivity contribution in [3.05, 3.63) is 23.0 Å². The highest BCUT2D eigenvalue weighted by atomic mass is 35.7. The van der Waals surface area contributed by atoms with Crippen LogP contribution in [0.3, 0.4) is 0 Å². The van der Waals surface area contributed by atoms with Gasteiger partial charge in [0, 0.05) is 17.1 Å². The minimum atomic E-state index is -3.96. The minimum Gasteiger partial charge on any atom is -0.439 e. The molecule has 0 unspecified atom stereocenters. The summed E-state index contributed by atoms with van der Waals surface area (Å²) in [6.45, 7) is 2.05. The van der Waals surface area contributed by atoms with Gasteiger partial charge in [0.05, 0.1) is 5.02 Å². The molecule has 18 heavy (non-hydrogen) atoms. The molecule has 0 aliphatic heterocycles. The summed E-state index contributed by atoms with van der Waals surface area (Å²) in [5, 5.41) is 0.0377. The lowest BCUT2D eigenvalue weighted by molar-refractivity contribution is 0.512. The van der Waals surface area contributed by atoms with Crippen LogP contribution in [0.25, 0.3) is 11.1 Å². The molecular formula is C11H11Cl2NO3S. The third kappa shape index (κ3) is 2.63. The number of halogens is 2. The Kier molecular flexibility index (Phi) is 3.84. The van der Waals surface area contributed by atoms with Gasteiger partial charge in [0.2, 0.25) is 0 Å². The molecule has 0 saturated heterocycles. The summed E-state index contributed by atoms with van der Waals surface area (Å²) in [6.07, 6.45) is 2.58. The summed E-state index contributed by atoms with van der Waals surface area (Å²) >= 11 is 5.85. The van der Waals surface area contributed by atoms with E-state index >= 15 is 0 Å². The first-order valence-electron chi connectivity index (χ1n) is 5.46. The molecule has 0 aliphatic carbocycles. The second kappa shape index (κ2) is 5.07. The van der Waals surface area contributed by atoms with Gasteiger partial charge < -0.3 is 4.42 Å². The maximum atomic E-state index is 11.5. The maximum Gasteiger partial charge on any atom is 0.266 e. The van der Waals surface area contributed by atoms with Crippen molar-refractivity contribution in [1.29, 1.82) is 0 Å². The number of rotatable bonds is 4. The second-order valence-electron chi connectivity index (χ2n) is 3.87. The summed E-state index contributed by atoms with van der Waals surface area (Å²) in [7, 11) is 1.40. The van der Waals surface area contributed by atoms with Gasteiger partial charge in [-0.2, -0.15) is 0 Å². The van der Waals surface area contributed by atoms with Gasteiger partial charge in [-0.15, -0.1) is 0 Å². The largest absolute Gasteiger partial charge is 0.439 e. The van der Waals surface area contributed by atoms with Crippen molar-refractivity contribution in [1.82, 2.24) is 4.98 Å². The van der Waals surface area contributed by atoms with Crippen LogP contribution in [0.1, 0.15) is 25.7 Å². The number of nitrogens with zero attached hydrogens (tertiary/aromatic N) is 1. The van der Waals surface area contributed by atoms with Crippen molar-refractivity contribution in [2.75, 3.05) is 0 Å². The van der Waals surface area contributed by atoms with Gasteiger partial charge in [0.25, 0.3) is 9.05 Å². The van der Waals surface area contributed by atoms with Crippen LogP contribution in [0.5, 0.6) is 0 Å². The minimum absolute atomic E-state index is 0.0377. The molecule has 98 valence electrons. The predicted octanol–water partition coefficient (Wildman–Crippen LogP) is 3.75. The van der Waals surface area contributed by atoms with Crippen LogP contribution in [0.2, 0.25) is 5.02 Å². The molecule has 1 aromatic heterocycles. The summed E-state index contributed by atoms with van der Waals surface area (Å²) < 4.78 is 28.4. The number of hydrogen-bond donors (Lipinski definition) is 0. The molecule has 2 aromatic rings. The van der Waals surface area contributed by atoms with E-state index in [9.17, 15) is 8.42 Å². The molecule has 7 heteroatoms. The fourth-order valence-corrected chi connectivity index (χ4v) is 3.35. The molecule has 2 rings (SSSR count). The van der Waals surface area contributed by atoms with Crippen LogP contribution in [0.4, 0.5) is 0 Å². The van der Waals surface area contributed by atoms with E-state index in [0.29, 0.717) is 17.8 Å². The van der Waals surface area contributed by atoms with Crippen LogP contribution in [0, 0.1) is 0 Å². The number of benzene rings is 1. The molecular weight excluding hydrogens is 297 g/mol. The maximum absolute atomic E-state index is 11.5. The molecule has 0 spiro atoms. The van der Waals surface area contributed by atoms with Crippen LogP contribution >= 0.6 is 22.3 Å². The molecule has 1 aromatic carbocycles. The highest BCUT2D eigenvalue weighted by Crippen LogP contribution is 2.33. The van der Waals surface area contributed by atoms with E-state index in [1.165, 1.54) is 6.07 Å². The van der Waals surface area contributed by atoms with E-state index in [4.69, 9.17) is 26.7 Å². The lowest BCUT2D eigenvalue weighted by Crippen LogP contribution is -1.92. The summed E-state index contributed by atoms with van der Waals surface area (Å²) in [6, 6.07) is 3.06. The molecule has 0 atom stereocenters. The zero-order valence-corrected chi connectivity index (χ0v) is 11.9. The highest BCUT2D eigenvalue weighted by molar-refractivity contribution is 8.14. The van der Waals surface area contributed by atoms with Gasteiger partial charge in [-0.05, 0) is 18.6 Å². The molecule has 0 amide bonds. The Morgan fingerprint density at radius 1 is 1.39 bits per heavy atom. The van der Waals surface area contributed by atoms with Crippen LogP contribution in [-0.2, 0) is 15.5 Å². The van der Waals surface area contributed by atoms with Crippen LogP contribution < -0.4 is 0 Å². The quantitative estimate of drug-likeness (QED) is 0.807. The Hall–Kier alpha value is -0.780. The number of oxazole rings is 1. The highest BCUT2D eigenvalue weighted by Gasteiger charge is 2.22. The molecule has 4 nitrogen and oxygen atoms in total. The number of hydrogen-bond acceptors (Lipinski definition) is 4. The molecule has 0 aliphatic rings. The number of fused-ring (bicyclic) bond motifs is 1. The van der Waals surface area contributed by atoms with Crippen LogP contribution in [-0.4, -0.2) is 13.4 Å². The average molecular weight is 308 g/mol. The topological polar surface area (TPSA) is 60.2 Å². The smallest absolute Gasteiger partial charge is 0.266 e. The third-order valence-electron chi connectivity index (χ3n) is 2.50. The second-order valence-corrected chi connectivity index (χ2v) is 6.78. The molecule has 0 N–H and O–H groups in total. The Morgan fingerprint density at radius 2 is 2.11 bits per heavy atom. The zero-order chi connectivity index (χ0) is 13.3. The fourth-order valence-electron chi connectivity index (χ4n) is 1.65. The first kappa shape index (κ1) is 13.6. The van der Waals surface area contributed by atoms with Crippen molar-refractivity contribution in [3.63, 3.8) is 0 Å². The third-order valence-corrected chi connectivity index (χ3v) is 4.28. The van der Waals surface area contributed by atoms with E-state index in [-0.39, 0.29) is 15.5 Å². The van der Waals surface area contributed by atoms with E-state index in [1.807, 2.05) is 6.92 Å². The SMILES string of the molecule is CCCCc1nc2ccc(Cl)c(S(=O)(=O)Cl)c2o1. The first-order valence-corrected chi connectivity index (χ1v) is 8.14. The van der Waals surface area contributed by atoms with E-state index < -0.39 is 9.05 Å². The first-order chi connectivity index (χ1) is 8.43. The van der Waals surface area contributed by atoms with Gasteiger partial charge in [-0.25, -0.2) is 13.4 Å². The molecule has 0 radical (unpaired) electrons. The van der Waals surface area contributed by atoms with Crippen molar-refractivity contribution in [2.45, 2.75) is 31.1 Å². The summed E-state index contributed by atoms with van der Waals surface area (Å²) in [4.78, 5) is 4.01. The monoisotopic (exact) mass is 307 g/mol. The van der Waals surface area contributed by atoms with Crippen molar-refractivity contribution < 1.29 is 12.8 Å². The van der Waals surface area contributed by atoms with Crippen LogP contribution in [0.15, 0.2) is 21.4 Å². The number of aromatic nitrogens is 1. The average Bonchev–Trinajstić information content (AvgIpc) is 2.66. The molecule has 0 saturated carbocycles. The van der Waals surface area contributed by atoms with Gasteiger partial charge in [-0.1, -0.05) is 24.9 Å². The molecule has 1 heterocycles. The Bertz CT molecular complexity index is 679. The lowest BCUT2D eigenvalue weighted by Gasteiger charge is -1.99. The summed E-state index contributed by atoms with van der Waals surface area (Å²) in [5.74, 6) is 0.496. The summed E-state index contributed by atoms with van der Waals surface area (Å²) in [5.41, 5.74) is 0.577. The number of unbranched alkanes of at least 4 members (excludes halogenated alkanes) is 1. The Balaban J connectivity index is 2.62. The Morgan fingerprint density at radius 3 is 2.72 bits per heavy atom. The van der Waals surface area contributed by atoms with Gasteiger partial charge in [0.1, 0.15) is 10.4 Å². The van der Waals surface area contributed by atoms with Gasteiger partial charge >= 0.3 is 0 Å². The normalized spacial score (nSPS) is 12.2. The van der Waals surface area contributed by atoms with Gasteiger partial charge in [0.15, 0.2) is 11.5 Å². The van der Waals surface area contributed by atoms with Gasteiger partial charge in [-0.3, -0.25) is 0 Å². The fraction of sp³-hybridized carbons (Fsp3) is 0.364. The van der Waals surface area contributed by atoms with Crippen molar-refractivity contribution in [2.24, 2.45) is 0 Å². The van der Waals surface area contributed by atoms with E-state index in [2.05, 4.69) is 4.98 Å². The van der Waals surface area contributed by atoms with Crippen molar-refractivity contribution >= 4 is 42.4 Å².